The zero-order valence-corrected chi connectivity index (χ0v) is 14.7. The van der Waals surface area contributed by atoms with E-state index >= 15 is 0 Å². The first kappa shape index (κ1) is 18.0. The summed E-state index contributed by atoms with van der Waals surface area (Å²) < 4.78 is 4.77. The van der Waals surface area contributed by atoms with Crippen molar-refractivity contribution in [2.24, 2.45) is 5.92 Å². The highest BCUT2D eigenvalue weighted by Gasteiger charge is 2.30. The fourth-order valence-corrected chi connectivity index (χ4v) is 3.02. The van der Waals surface area contributed by atoms with Gasteiger partial charge >= 0.3 is 5.97 Å². The second kappa shape index (κ2) is 7.99. The maximum atomic E-state index is 12.4. The van der Waals surface area contributed by atoms with E-state index in [2.05, 4.69) is 5.32 Å². The van der Waals surface area contributed by atoms with E-state index in [0.29, 0.717) is 41.7 Å². The van der Waals surface area contributed by atoms with E-state index in [0.717, 1.165) is 0 Å². The molecule has 1 unspecified atom stereocenters. The number of nitrogens with one attached hydrogen (secondary N) is 1. The van der Waals surface area contributed by atoms with Gasteiger partial charge in [0, 0.05) is 5.02 Å². The molecule has 7 heteroatoms. The van der Waals surface area contributed by atoms with Crippen LogP contribution in [0.1, 0.15) is 19.8 Å². The summed E-state index contributed by atoms with van der Waals surface area (Å²) in [6.07, 6.45) is 1.39. The van der Waals surface area contributed by atoms with Gasteiger partial charge in [-0.15, -0.1) is 0 Å². The number of anilines is 1. The van der Waals surface area contributed by atoms with E-state index in [4.69, 9.17) is 27.9 Å². The molecule has 0 bridgehead atoms. The van der Waals surface area contributed by atoms with Gasteiger partial charge in [-0.2, -0.15) is 0 Å². The third-order valence-corrected chi connectivity index (χ3v) is 4.74. The van der Waals surface area contributed by atoms with Crippen LogP contribution in [-0.4, -0.2) is 43.0 Å². The number of nitrogens with zero attached hydrogens (tertiary/aromatic N) is 1. The number of carbonyl (C=O) groups excluding carboxylic acids is 2. The molecule has 1 aromatic carbocycles. The Balaban J connectivity index is 1.93. The second-order valence-corrected chi connectivity index (χ2v) is 6.47. The molecule has 2 rings (SSSR count). The molecule has 0 radical (unpaired) electrons. The van der Waals surface area contributed by atoms with Crippen molar-refractivity contribution < 1.29 is 14.3 Å². The quantitative estimate of drug-likeness (QED) is 0.839. The third-order valence-electron chi connectivity index (χ3n) is 4.18. The molecule has 1 aliphatic rings. The summed E-state index contributed by atoms with van der Waals surface area (Å²) in [6.45, 7) is 3.20. The van der Waals surface area contributed by atoms with Crippen LogP contribution in [-0.2, 0) is 14.3 Å². The predicted octanol–water partition coefficient (Wildman–Crippen LogP) is 3.21. The smallest absolute Gasteiger partial charge is 0.308 e. The van der Waals surface area contributed by atoms with Gasteiger partial charge in [-0.3, -0.25) is 14.5 Å². The molecular formula is C16H20Cl2N2O3. The van der Waals surface area contributed by atoms with Gasteiger partial charge in [-0.1, -0.05) is 23.2 Å². The first-order valence-electron chi connectivity index (χ1n) is 7.50. The summed E-state index contributed by atoms with van der Waals surface area (Å²) in [5.74, 6) is -0.396. The van der Waals surface area contributed by atoms with E-state index in [9.17, 15) is 9.59 Å². The number of likely N-dealkylation sites (tertiary alicyclic amines) is 1. The lowest BCUT2D eigenvalue weighted by molar-refractivity contribution is -0.147. The molecule has 1 amide bonds. The fraction of sp³-hybridized carbons (Fsp3) is 0.500. The molecule has 5 nitrogen and oxygen atoms in total. The number of methoxy groups -OCH3 is 1. The van der Waals surface area contributed by atoms with Crippen LogP contribution in [0.5, 0.6) is 0 Å². The first-order chi connectivity index (χ1) is 10.9. The highest BCUT2D eigenvalue weighted by atomic mass is 35.5. The Morgan fingerprint density at radius 3 is 2.57 bits per heavy atom. The lowest BCUT2D eigenvalue weighted by Crippen LogP contribution is -2.47. The van der Waals surface area contributed by atoms with Crippen molar-refractivity contribution in [3.05, 3.63) is 28.2 Å². The van der Waals surface area contributed by atoms with Crippen LogP contribution in [0.3, 0.4) is 0 Å². The maximum absolute atomic E-state index is 12.4. The van der Waals surface area contributed by atoms with Gasteiger partial charge < -0.3 is 10.1 Å². The van der Waals surface area contributed by atoms with Gasteiger partial charge in [-0.05, 0) is 51.1 Å². The minimum atomic E-state index is -0.316. The lowest BCUT2D eigenvalue weighted by Gasteiger charge is -2.34. The summed E-state index contributed by atoms with van der Waals surface area (Å²) in [5.41, 5.74) is 0.500. The van der Waals surface area contributed by atoms with Crippen LogP contribution in [0.2, 0.25) is 10.0 Å². The molecule has 1 aliphatic heterocycles. The predicted molar refractivity (Wildman–Crippen MR) is 90.9 cm³/mol. The molecule has 1 fully saturated rings. The fourth-order valence-electron chi connectivity index (χ4n) is 2.69. The van der Waals surface area contributed by atoms with Crippen molar-refractivity contribution in [1.29, 1.82) is 0 Å². The number of piperidine rings is 1. The SMILES string of the molecule is COC(=O)C1CCN(C(C)C(=O)Nc2cc(Cl)ccc2Cl)CC1. The molecule has 1 heterocycles. The van der Waals surface area contributed by atoms with Crippen molar-refractivity contribution in [2.45, 2.75) is 25.8 Å². The molecule has 0 aliphatic carbocycles. The largest absolute Gasteiger partial charge is 0.469 e. The van der Waals surface area contributed by atoms with Crippen LogP contribution in [0, 0.1) is 5.92 Å². The molecule has 23 heavy (non-hydrogen) atoms. The summed E-state index contributed by atoms with van der Waals surface area (Å²) in [4.78, 5) is 26.0. The average Bonchev–Trinajstić information content (AvgIpc) is 2.56. The molecule has 1 saturated heterocycles. The van der Waals surface area contributed by atoms with Gasteiger partial charge in [0.15, 0.2) is 0 Å². The van der Waals surface area contributed by atoms with Crippen molar-refractivity contribution in [1.82, 2.24) is 4.90 Å². The highest BCUT2D eigenvalue weighted by molar-refractivity contribution is 6.35. The Labute approximate surface area is 145 Å². The van der Waals surface area contributed by atoms with Crippen LogP contribution in [0.15, 0.2) is 18.2 Å². The van der Waals surface area contributed by atoms with Gasteiger partial charge in [0.1, 0.15) is 0 Å². The Kier molecular flexibility index (Phi) is 6.27. The van der Waals surface area contributed by atoms with E-state index in [1.807, 2.05) is 11.8 Å². The van der Waals surface area contributed by atoms with Gasteiger partial charge in [-0.25, -0.2) is 0 Å². The Hall–Kier alpha value is -1.30. The zero-order valence-electron chi connectivity index (χ0n) is 13.1. The van der Waals surface area contributed by atoms with Crippen LogP contribution < -0.4 is 5.32 Å². The number of rotatable bonds is 4. The van der Waals surface area contributed by atoms with Gasteiger partial charge in [0.2, 0.25) is 5.91 Å². The molecule has 0 spiro atoms. The number of hydrogen-bond acceptors (Lipinski definition) is 4. The molecule has 0 saturated carbocycles. The monoisotopic (exact) mass is 358 g/mol. The number of hydrogen-bond donors (Lipinski definition) is 1. The maximum Gasteiger partial charge on any atom is 0.308 e. The van der Waals surface area contributed by atoms with Crippen LogP contribution in [0.4, 0.5) is 5.69 Å². The van der Waals surface area contributed by atoms with Crippen molar-refractivity contribution in [3.8, 4) is 0 Å². The van der Waals surface area contributed by atoms with Gasteiger partial charge in [0.25, 0.3) is 0 Å². The molecule has 0 aromatic heterocycles. The van der Waals surface area contributed by atoms with Crippen molar-refractivity contribution in [3.63, 3.8) is 0 Å². The Bertz CT molecular complexity index is 587. The average molecular weight is 359 g/mol. The zero-order chi connectivity index (χ0) is 17.0. The van der Waals surface area contributed by atoms with Crippen molar-refractivity contribution >= 4 is 40.8 Å². The topological polar surface area (TPSA) is 58.6 Å². The standard InChI is InChI=1S/C16H20Cl2N2O3/c1-10(20-7-5-11(6-8-20)16(22)23-2)15(21)19-14-9-12(17)3-4-13(14)18/h3-4,9-11H,5-8H2,1-2H3,(H,19,21). The van der Waals surface area contributed by atoms with E-state index < -0.39 is 0 Å². The van der Waals surface area contributed by atoms with E-state index in [-0.39, 0.29) is 23.8 Å². The minimum absolute atomic E-state index is 0.0751. The molecule has 1 aromatic rings. The second-order valence-electron chi connectivity index (χ2n) is 5.62. The summed E-state index contributed by atoms with van der Waals surface area (Å²) in [6, 6.07) is 4.62. The third kappa shape index (κ3) is 4.59. The summed E-state index contributed by atoms with van der Waals surface area (Å²) in [7, 11) is 1.40. The lowest BCUT2D eigenvalue weighted by atomic mass is 9.96. The Morgan fingerprint density at radius 1 is 1.30 bits per heavy atom. The summed E-state index contributed by atoms with van der Waals surface area (Å²) in [5, 5.41) is 3.76. The number of halogens is 2. The van der Waals surface area contributed by atoms with E-state index in [1.54, 1.807) is 18.2 Å². The van der Waals surface area contributed by atoms with Crippen molar-refractivity contribution in [2.75, 3.05) is 25.5 Å². The first-order valence-corrected chi connectivity index (χ1v) is 8.25. The summed E-state index contributed by atoms with van der Waals surface area (Å²) >= 11 is 12.0. The molecule has 1 N–H and O–H groups in total. The Morgan fingerprint density at radius 2 is 1.96 bits per heavy atom. The highest BCUT2D eigenvalue weighted by Crippen LogP contribution is 2.26. The number of esters is 1. The normalized spacial score (nSPS) is 17.6. The van der Waals surface area contributed by atoms with Crippen LogP contribution in [0.25, 0.3) is 0 Å². The molecular weight excluding hydrogens is 339 g/mol. The number of carbonyl (C=O) groups is 2. The van der Waals surface area contributed by atoms with Gasteiger partial charge in [0.05, 0.1) is 29.8 Å². The molecule has 1 atom stereocenters. The van der Waals surface area contributed by atoms with E-state index in [1.165, 1.54) is 7.11 Å². The molecule has 126 valence electrons. The van der Waals surface area contributed by atoms with Crippen LogP contribution >= 0.6 is 23.2 Å². The minimum Gasteiger partial charge on any atom is -0.469 e. The number of ether oxygens (including phenoxy) is 1. The number of amides is 1. The number of benzene rings is 1.